The van der Waals surface area contributed by atoms with E-state index in [1.54, 1.807) is 30.3 Å². The average Bonchev–Trinajstić information content (AvgIpc) is 2.41. The van der Waals surface area contributed by atoms with Crippen LogP contribution in [-0.2, 0) is 6.61 Å². The van der Waals surface area contributed by atoms with Gasteiger partial charge in [-0.15, -0.1) is 0 Å². The summed E-state index contributed by atoms with van der Waals surface area (Å²) >= 11 is 8.98. The molecule has 0 unspecified atom stereocenters. The van der Waals surface area contributed by atoms with Gasteiger partial charge in [-0.3, -0.25) is 4.79 Å². The molecule has 2 aromatic carbocycles. The Kier molecular flexibility index (Phi) is 4.56. The Labute approximate surface area is 123 Å². The minimum Gasteiger partial charge on any atom is -0.488 e. The molecule has 0 heterocycles. The third-order valence-electron chi connectivity index (χ3n) is 2.51. The van der Waals surface area contributed by atoms with E-state index in [1.807, 2.05) is 0 Å². The van der Waals surface area contributed by atoms with Crippen molar-refractivity contribution in [3.8, 4) is 5.75 Å². The molecule has 0 bridgehead atoms. The Morgan fingerprint density at radius 1 is 1.32 bits per heavy atom. The zero-order valence-electron chi connectivity index (χ0n) is 9.70. The quantitative estimate of drug-likeness (QED) is 0.756. The highest BCUT2D eigenvalue weighted by molar-refractivity contribution is 9.10. The van der Waals surface area contributed by atoms with Gasteiger partial charge in [-0.1, -0.05) is 23.7 Å². The maximum atomic E-state index is 13.7. The van der Waals surface area contributed by atoms with Crippen LogP contribution in [0.3, 0.4) is 0 Å². The largest absolute Gasteiger partial charge is 0.488 e. The molecule has 0 aliphatic carbocycles. The highest BCUT2D eigenvalue weighted by Gasteiger charge is 2.08. The van der Waals surface area contributed by atoms with Crippen LogP contribution in [0, 0.1) is 5.82 Å². The molecule has 0 fully saturated rings. The van der Waals surface area contributed by atoms with Crippen molar-refractivity contribution >= 4 is 33.8 Å². The van der Waals surface area contributed by atoms with Gasteiger partial charge >= 0.3 is 0 Å². The van der Waals surface area contributed by atoms with Crippen molar-refractivity contribution in [3.63, 3.8) is 0 Å². The molecule has 2 nitrogen and oxygen atoms in total. The lowest BCUT2D eigenvalue weighted by Gasteiger charge is -2.09. The summed E-state index contributed by atoms with van der Waals surface area (Å²) in [6.45, 7) is 0.0609. The molecule has 2 rings (SSSR count). The van der Waals surface area contributed by atoms with E-state index in [9.17, 15) is 9.18 Å². The van der Waals surface area contributed by atoms with Crippen molar-refractivity contribution in [2.45, 2.75) is 6.61 Å². The molecule has 0 aliphatic rings. The van der Waals surface area contributed by atoms with Gasteiger partial charge in [0.1, 0.15) is 24.5 Å². The first-order valence-corrected chi connectivity index (χ1v) is 6.59. The molecule has 2 aromatic rings. The minimum atomic E-state index is -0.482. The predicted molar refractivity (Wildman–Crippen MR) is 75.3 cm³/mol. The number of carbonyl (C=O) groups is 1. The number of hydrogen-bond donors (Lipinski definition) is 0. The van der Waals surface area contributed by atoms with Gasteiger partial charge in [0, 0.05) is 11.1 Å². The average molecular weight is 344 g/mol. The van der Waals surface area contributed by atoms with Gasteiger partial charge in [0.05, 0.1) is 9.50 Å². The Morgan fingerprint density at radius 3 is 2.79 bits per heavy atom. The number of ether oxygens (including phenoxy) is 1. The zero-order valence-corrected chi connectivity index (χ0v) is 12.0. The van der Waals surface area contributed by atoms with Crippen molar-refractivity contribution in [1.82, 2.24) is 0 Å². The van der Waals surface area contributed by atoms with Crippen LogP contribution in [0.1, 0.15) is 15.9 Å². The molecule has 0 spiro atoms. The zero-order chi connectivity index (χ0) is 13.8. The molecule has 0 saturated heterocycles. The number of benzene rings is 2. The second-order valence-corrected chi connectivity index (χ2v) is 5.07. The molecular formula is C14H9BrClFO2. The molecule has 0 N–H and O–H groups in total. The molecule has 98 valence electrons. The molecular weight excluding hydrogens is 335 g/mol. The second kappa shape index (κ2) is 6.17. The molecule has 0 amide bonds. The lowest BCUT2D eigenvalue weighted by Crippen LogP contribution is -1.99. The van der Waals surface area contributed by atoms with Crippen LogP contribution in [0.25, 0.3) is 0 Å². The highest BCUT2D eigenvalue weighted by atomic mass is 79.9. The Hall–Kier alpha value is -1.39. The summed E-state index contributed by atoms with van der Waals surface area (Å²) in [5.41, 5.74) is 0.909. The van der Waals surface area contributed by atoms with Gasteiger partial charge in [-0.25, -0.2) is 4.39 Å². The second-order valence-electron chi connectivity index (χ2n) is 3.81. The summed E-state index contributed by atoms with van der Waals surface area (Å²) in [5.74, 6) is 0.0507. The van der Waals surface area contributed by atoms with Crippen LogP contribution >= 0.6 is 27.5 Å². The fraction of sp³-hybridized carbons (Fsp3) is 0.0714. The normalized spacial score (nSPS) is 10.3. The van der Waals surface area contributed by atoms with Crippen LogP contribution in [0.2, 0.25) is 5.02 Å². The lowest BCUT2D eigenvalue weighted by atomic mass is 10.2. The van der Waals surface area contributed by atoms with E-state index in [4.69, 9.17) is 16.3 Å². The van der Waals surface area contributed by atoms with Gasteiger partial charge < -0.3 is 4.74 Å². The van der Waals surface area contributed by atoms with Crippen LogP contribution in [0.15, 0.2) is 40.9 Å². The Balaban J connectivity index is 2.14. The van der Waals surface area contributed by atoms with E-state index in [2.05, 4.69) is 15.9 Å². The maximum absolute atomic E-state index is 13.7. The summed E-state index contributed by atoms with van der Waals surface area (Å²) in [7, 11) is 0. The number of hydrogen-bond acceptors (Lipinski definition) is 2. The fourth-order valence-electron chi connectivity index (χ4n) is 1.52. The summed E-state index contributed by atoms with van der Waals surface area (Å²) in [6.07, 6.45) is 0.741. The van der Waals surface area contributed by atoms with Crippen molar-refractivity contribution in [1.29, 1.82) is 0 Å². The van der Waals surface area contributed by atoms with Gasteiger partial charge in [0.25, 0.3) is 0 Å². The van der Waals surface area contributed by atoms with E-state index >= 15 is 0 Å². The number of rotatable bonds is 4. The number of aldehydes is 1. The molecule has 19 heavy (non-hydrogen) atoms. The first-order valence-electron chi connectivity index (χ1n) is 5.42. The fourth-order valence-corrected chi connectivity index (χ4v) is 2.23. The van der Waals surface area contributed by atoms with Crippen LogP contribution in [0.5, 0.6) is 5.75 Å². The van der Waals surface area contributed by atoms with Crippen molar-refractivity contribution < 1.29 is 13.9 Å². The molecule has 0 aromatic heterocycles. The SMILES string of the molecule is O=Cc1ccc(OCc2cccc(Cl)c2F)c(Br)c1. The van der Waals surface area contributed by atoms with E-state index in [1.165, 1.54) is 6.07 Å². The van der Waals surface area contributed by atoms with Gasteiger partial charge in [-0.2, -0.15) is 0 Å². The monoisotopic (exact) mass is 342 g/mol. The summed E-state index contributed by atoms with van der Waals surface area (Å²) in [5, 5.41) is 0.0662. The first kappa shape index (κ1) is 14.0. The van der Waals surface area contributed by atoms with E-state index in [0.29, 0.717) is 21.3 Å². The third-order valence-corrected chi connectivity index (χ3v) is 3.42. The summed E-state index contributed by atoms with van der Waals surface area (Å²) < 4.78 is 19.8. The first-order chi connectivity index (χ1) is 9.11. The summed E-state index contributed by atoms with van der Waals surface area (Å²) in [6, 6.07) is 9.66. The van der Waals surface area contributed by atoms with E-state index < -0.39 is 5.82 Å². The molecule has 5 heteroatoms. The van der Waals surface area contributed by atoms with Crippen LogP contribution in [-0.4, -0.2) is 6.29 Å². The number of halogens is 3. The standard InChI is InChI=1S/C14H9BrClFO2/c15-11-6-9(7-18)4-5-13(11)19-8-10-2-1-3-12(16)14(10)17/h1-7H,8H2. The molecule has 0 atom stereocenters. The van der Waals surface area contributed by atoms with Crippen molar-refractivity contribution in [2.75, 3.05) is 0 Å². The van der Waals surface area contributed by atoms with Gasteiger partial charge in [0.15, 0.2) is 0 Å². The minimum absolute atomic E-state index is 0.0609. The van der Waals surface area contributed by atoms with Gasteiger partial charge in [0.2, 0.25) is 0 Å². The predicted octanol–water partition coefficient (Wildman–Crippen LogP) is 4.63. The number of carbonyl (C=O) groups excluding carboxylic acids is 1. The van der Waals surface area contributed by atoms with E-state index in [-0.39, 0.29) is 11.6 Å². The molecule has 0 radical (unpaired) electrons. The highest BCUT2D eigenvalue weighted by Crippen LogP contribution is 2.27. The molecule has 0 aliphatic heterocycles. The Morgan fingerprint density at radius 2 is 2.11 bits per heavy atom. The maximum Gasteiger partial charge on any atom is 0.150 e. The van der Waals surface area contributed by atoms with Crippen molar-refractivity contribution in [2.24, 2.45) is 0 Å². The summed E-state index contributed by atoms with van der Waals surface area (Å²) in [4.78, 5) is 10.6. The van der Waals surface area contributed by atoms with Crippen LogP contribution < -0.4 is 4.74 Å². The van der Waals surface area contributed by atoms with E-state index in [0.717, 1.165) is 6.29 Å². The smallest absolute Gasteiger partial charge is 0.150 e. The topological polar surface area (TPSA) is 26.3 Å². The molecule has 0 saturated carbocycles. The van der Waals surface area contributed by atoms with Crippen molar-refractivity contribution in [3.05, 3.63) is 62.8 Å². The third kappa shape index (κ3) is 3.33. The van der Waals surface area contributed by atoms with Crippen LogP contribution in [0.4, 0.5) is 4.39 Å². The Bertz CT molecular complexity index is 616. The lowest BCUT2D eigenvalue weighted by molar-refractivity contribution is 0.112. The van der Waals surface area contributed by atoms with Gasteiger partial charge in [-0.05, 0) is 40.2 Å².